The van der Waals surface area contributed by atoms with E-state index in [4.69, 9.17) is 9.47 Å². The summed E-state index contributed by atoms with van der Waals surface area (Å²) in [7, 11) is 0. The molecule has 328 valence electrons. The molecule has 0 radical (unpaired) electrons. The Labute approximate surface area is 373 Å². The number of fused-ring (bicyclic) bond motifs is 8. The summed E-state index contributed by atoms with van der Waals surface area (Å²) in [6.07, 6.45) is 4.32. The second-order valence-corrected chi connectivity index (χ2v) is 23.6. The molecule has 5 rings (SSSR count). The smallest absolute Gasteiger partial charge is 0.126 e. The molecular weight excluding hydrogens is 777 g/mol. The molecule has 0 aromatic heterocycles. The van der Waals surface area contributed by atoms with E-state index in [1.165, 1.54) is 22.3 Å². The van der Waals surface area contributed by atoms with E-state index in [-0.39, 0.29) is 21.7 Å². The quantitative estimate of drug-likeness (QED) is 0.122. The average molecular weight is 853 g/mol. The molecule has 0 unspecified atom stereocenters. The van der Waals surface area contributed by atoms with Gasteiger partial charge in [-0.25, -0.2) is 0 Å². The van der Waals surface area contributed by atoms with Crippen LogP contribution in [0, 0.1) is 0 Å². The first-order valence-corrected chi connectivity index (χ1v) is 24.8. The zero-order chi connectivity index (χ0) is 44.2. The van der Waals surface area contributed by atoms with Crippen molar-refractivity contribution in [2.75, 3.05) is 36.2 Å². The van der Waals surface area contributed by atoms with Crippen LogP contribution in [0.5, 0.6) is 23.0 Å². The minimum Gasteiger partial charge on any atom is -0.507 e. The summed E-state index contributed by atoms with van der Waals surface area (Å²) in [5.41, 5.74) is 12.1. The fourth-order valence-corrected chi connectivity index (χ4v) is 9.30. The number of aromatic hydroxyl groups is 2. The average Bonchev–Trinajstić information content (AvgIpc) is 3.13. The lowest BCUT2D eigenvalue weighted by Gasteiger charge is -2.28. The van der Waals surface area contributed by atoms with E-state index in [0.29, 0.717) is 50.4 Å². The van der Waals surface area contributed by atoms with Gasteiger partial charge in [-0.05, 0) is 113 Å². The normalized spacial score (nSPS) is 13.7. The molecule has 0 atom stereocenters. The van der Waals surface area contributed by atoms with Gasteiger partial charge in [0, 0.05) is 37.2 Å². The van der Waals surface area contributed by atoms with Gasteiger partial charge in [-0.1, -0.05) is 145 Å². The third kappa shape index (κ3) is 12.0. The van der Waals surface area contributed by atoms with Crippen molar-refractivity contribution >= 4 is 23.5 Å². The van der Waals surface area contributed by atoms with Crippen LogP contribution in [-0.2, 0) is 47.3 Å². The SMILES string of the molecule is CCCSCCOc1c2cc(C(C)(C)C)cc1Cc1cc(C(C)(C)C)cc(c1O)Cc1cc(C(C)(C)C)cc(c1OCCSCCC)Cc1cc(C(C)(C)C)cc(c1O)C2. The zero-order valence-electron chi connectivity index (χ0n) is 39.6. The number of phenolic OH excluding ortho intramolecular Hbond substituents is 2. The van der Waals surface area contributed by atoms with Gasteiger partial charge in [0.15, 0.2) is 0 Å². The largest absolute Gasteiger partial charge is 0.507 e. The summed E-state index contributed by atoms with van der Waals surface area (Å²) in [6.45, 7) is 32.7. The maximum Gasteiger partial charge on any atom is 0.126 e. The molecule has 1 aliphatic carbocycles. The van der Waals surface area contributed by atoms with Gasteiger partial charge in [-0.2, -0.15) is 23.5 Å². The third-order valence-corrected chi connectivity index (χ3v) is 14.0. The van der Waals surface area contributed by atoms with Crippen LogP contribution >= 0.6 is 23.5 Å². The molecule has 4 aromatic carbocycles. The summed E-state index contributed by atoms with van der Waals surface area (Å²) in [5.74, 6) is 6.41. The maximum absolute atomic E-state index is 12.5. The topological polar surface area (TPSA) is 58.9 Å². The molecule has 1 aliphatic rings. The van der Waals surface area contributed by atoms with Crippen LogP contribution in [0.1, 0.15) is 177 Å². The van der Waals surface area contributed by atoms with E-state index in [0.717, 1.165) is 91.9 Å². The first kappa shape index (κ1) is 47.8. The van der Waals surface area contributed by atoms with Crippen molar-refractivity contribution in [1.29, 1.82) is 0 Å². The number of thioether (sulfide) groups is 2. The fraction of sp³-hybridized carbons (Fsp3) is 0.556. The standard InChI is InChI=1S/C54H76O4S2/c1-15-19-59-21-17-57-49-39-23-35-27-43(51(3,4)5)29-37(47(35)55)25-41-33-46(54(12,13)14)34-42(50(41)58-18-22-60-20-16-2)26-38-30-44(52(6,7)8)28-36(48(38)56)24-40(49)32-45(31-39)53(9,10)11/h27-34,55-56H,15-26H2,1-14H3. The molecule has 0 spiro atoms. The lowest BCUT2D eigenvalue weighted by atomic mass is 9.79. The van der Waals surface area contributed by atoms with Crippen LogP contribution in [0.2, 0.25) is 0 Å². The highest BCUT2D eigenvalue weighted by Crippen LogP contribution is 2.44. The lowest BCUT2D eigenvalue weighted by molar-refractivity contribution is 0.336. The molecule has 0 aliphatic heterocycles. The van der Waals surface area contributed by atoms with Gasteiger partial charge in [0.25, 0.3) is 0 Å². The zero-order valence-corrected chi connectivity index (χ0v) is 41.3. The second-order valence-electron chi connectivity index (χ2n) is 21.2. The van der Waals surface area contributed by atoms with Crippen LogP contribution in [-0.4, -0.2) is 46.4 Å². The highest BCUT2D eigenvalue weighted by Gasteiger charge is 2.28. The Morgan fingerprint density at radius 1 is 0.400 bits per heavy atom. The number of hydrogen-bond donors (Lipinski definition) is 2. The Hall–Kier alpha value is -3.22. The highest BCUT2D eigenvalue weighted by molar-refractivity contribution is 7.99. The molecule has 0 saturated heterocycles. The first-order valence-electron chi connectivity index (χ1n) is 22.4. The summed E-state index contributed by atoms with van der Waals surface area (Å²) >= 11 is 3.84. The van der Waals surface area contributed by atoms with E-state index in [1.54, 1.807) is 0 Å². The Morgan fingerprint density at radius 2 is 0.633 bits per heavy atom. The molecule has 0 saturated carbocycles. The van der Waals surface area contributed by atoms with Crippen molar-refractivity contribution < 1.29 is 19.7 Å². The molecule has 2 N–H and O–H groups in total. The van der Waals surface area contributed by atoms with Crippen LogP contribution in [0.4, 0.5) is 0 Å². The summed E-state index contributed by atoms with van der Waals surface area (Å²) < 4.78 is 13.8. The van der Waals surface area contributed by atoms with Crippen LogP contribution in [0.25, 0.3) is 0 Å². The van der Waals surface area contributed by atoms with E-state index >= 15 is 0 Å². The summed E-state index contributed by atoms with van der Waals surface area (Å²) in [6, 6.07) is 18.1. The maximum atomic E-state index is 12.5. The van der Waals surface area contributed by atoms with Crippen molar-refractivity contribution in [2.24, 2.45) is 0 Å². The summed E-state index contributed by atoms with van der Waals surface area (Å²) in [5, 5.41) is 25.0. The molecule has 0 fully saturated rings. The predicted molar refractivity (Wildman–Crippen MR) is 261 cm³/mol. The van der Waals surface area contributed by atoms with Gasteiger partial charge in [0.05, 0.1) is 13.2 Å². The second kappa shape index (κ2) is 19.4. The van der Waals surface area contributed by atoms with Crippen LogP contribution < -0.4 is 9.47 Å². The Morgan fingerprint density at radius 3 is 0.850 bits per heavy atom. The Bertz CT molecular complexity index is 1860. The van der Waals surface area contributed by atoms with Crippen LogP contribution in [0.15, 0.2) is 48.5 Å². The molecular formula is C54H76O4S2. The highest BCUT2D eigenvalue weighted by atomic mass is 32.2. The van der Waals surface area contributed by atoms with Gasteiger partial charge in [-0.15, -0.1) is 0 Å². The van der Waals surface area contributed by atoms with E-state index < -0.39 is 0 Å². The number of benzene rings is 4. The fourth-order valence-electron chi connectivity index (χ4n) is 7.91. The minimum absolute atomic E-state index is 0.139. The number of rotatable bonds is 12. The number of phenols is 2. The van der Waals surface area contributed by atoms with Crippen molar-refractivity contribution in [1.82, 2.24) is 0 Å². The molecule has 0 amide bonds. The van der Waals surface area contributed by atoms with Gasteiger partial charge >= 0.3 is 0 Å². The Balaban J connectivity index is 1.88. The third-order valence-electron chi connectivity index (χ3n) is 11.7. The molecule has 60 heavy (non-hydrogen) atoms. The van der Waals surface area contributed by atoms with Gasteiger partial charge in [0.1, 0.15) is 23.0 Å². The molecule has 4 aromatic rings. The van der Waals surface area contributed by atoms with E-state index in [2.05, 4.69) is 145 Å². The number of ether oxygens (including phenoxy) is 2. The first-order chi connectivity index (χ1) is 28.0. The van der Waals surface area contributed by atoms with E-state index in [1.807, 2.05) is 23.5 Å². The molecule has 6 heteroatoms. The van der Waals surface area contributed by atoms with E-state index in [9.17, 15) is 10.2 Å². The van der Waals surface area contributed by atoms with Gasteiger partial charge in [-0.3, -0.25) is 0 Å². The van der Waals surface area contributed by atoms with Crippen molar-refractivity contribution in [3.8, 4) is 23.0 Å². The Kier molecular flexibility index (Phi) is 15.5. The van der Waals surface area contributed by atoms with Gasteiger partial charge in [0.2, 0.25) is 0 Å². The van der Waals surface area contributed by atoms with Gasteiger partial charge < -0.3 is 19.7 Å². The molecule has 8 bridgehead atoms. The van der Waals surface area contributed by atoms with Crippen LogP contribution in [0.3, 0.4) is 0 Å². The summed E-state index contributed by atoms with van der Waals surface area (Å²) in [4.78, 5) is 0. The minimum atomic E-state index is -0.147. The van der Waals surface area contributed by atoms with Crippen molar-refractivity contribution in [3.63, 3.8) is 0 Å². The molecule has 4 nitrogen and oxygen atoms in total. The molecule has 0 heterocycles. The lowest BCUT2D eigenvalue weighted by Crippen LogP contribution is -2.17. The van der Waals surface area contributed by atoms with Crippen molar-refractivity contribution in [2.45, 2.75) is 157 Å². The predicted octanol–water partition coefficient (Wildman–Crippen LogP) is 14.0. The number of hydrogen-bond acceptors (Lipinski definition) is 6. The monoisotopic (exact) mass is 853 g/mol. The van der Waals surface area contributed by atoms with Crippen molar-refractivity contribution in [3.05, 3.63) is 115 Å².